The van der Waals surface area contributed by atoms with Crippen molar-refractivity contribution in [2.75, 3.05) is 0 Å². The Morgan fingerprint density at radius 3 is 2.50 bits per heavy atom. The van der Waals surface area contributed by atoms with E-state index < -0.39 is 0 Å². The molecule has 0 bridgehead atoms. The molecule has 0 spiro atoms. The number of hydrogen-bond acceptors (Lipinski definition) is 0. The highest BCUT2D eigenvalue weighted by Gasteiger charge is 1.57. The Labute approximate surface area is 37.3 Å². The summed E-state index contributed by atoms with van der Waals surface area (Å²) in [4.78, 5) is 3.02. The standard InChI is InChI=1S/C4H6BN/c1-2-4-6-5-3-1/h1-6H. The van der Waals surface area contributed by atoms with Crippen LogP contribution in [-0.2, 0) is 0 Å². The van der Waals surface area contributed by atoms with Gasteiger partial charge in [0.2, 0.25) is 0 Å². The molecule has 6 heavy (non-hydrogen) atoms. The van der Waals surface area contributed by atoms with Crippen LogP contribution in [0.5, 0.6) is 0 Å². The van der Waals surface area contributed by atoms with Gasteiger partial charge in [0.05, 0.1) is 0 Å². The van der Waals surface area contributed by atoms with Crippen molar-refractivity contribution in [1.29, 1.82) is 0 Å². The second kappa shape index (κ2) is 1.70. The highest BCUT2D eigenvalue weighted by atomic mass is 14.5. The van der Waals surface area contributed by atoms with Crippen LogP contribution >= 0.6 is 0 Å². The Kier molecular flexibility index (Phi) is 1.00. The van der Waals surface area contributed by atoms with Gasteiger partial charge in [0.1, 0.15) is 6.20 Å². The fourth-order valence-electron chi connectivity index (χ4n) is 0.406. The summed E-state index contributed by atoms with van der Waals surface area (Å²) < 4.78 is 0. The molecule has 30 valence electrons. The Morgan fingerprint density at radius 2 is 2.33 bits per heavy atom. The number of hydrogen-bond donors (Lipinski definition) is 0. The van der Waals surface area contributed by atoms with Gasteiger partial charge in [0.15, 0.2) is 7.05 Å². The first-order chi connectivity index (χ1) is 3.00. The zero-order chi connectivity index (χ0) is 4.24. The molecule has 0 fully saturated rings. The van der Waals surface area contributed by atoms with Gasteiger partial charge in [-0.2, -0.15) is 5.96 Å². The maximum atomic E-state index is 3.02. The molecule has 1 heterocycles. The van der Waals surface area contributed by atoms with Gasteiger partial charge in [-0.1, -0.05) is 6.07 Å². The van der Waals surface area contributed by atoms with Crippen molar-refractivity contribution in [3.05, 3.63) is 24.3 Å². The van der Waals surface area contributed by atoms with Crippen LogP contribution in [0.15, 0.2) is 24.3 Å². The van der Waals surface area contributed by atoms with Gasteiger partial charge in [-0.05, 0) is 6.07 Å². The summed E-state index contributed by atoms with van der Waals surface area (Å²) in [6.45, 7) is 0. The summed E-state index contributed by atoms with van der Waals surface area (Å²) in [6, 6.07) is 4.00. The molecule has 2 heteroatoms. The van der Waals surface area contributed by atoms with Gasteiger partial charge in [-0.15, -0.1) is 0 Å². The molecule has 1 aromatic rings. The van der Waals surface area contributed by atoms with Crippen LogP contribution in [0.1, 0.15) is 0 Å². The van der Waals surface area contributed by atoms with Gasteiger partial charge in [-0.25, -0.2) is 0 Å². The van der Waals surface area contributed by atoms with Gasteiger partial charge >= 0.3 is 0 Å². The Hall–Kier alpha value is -0.655. The largest absolute Gasteiger partial charge is 0.480 e. The first kappa shape index (κ1) is 3.53. The number of nitrogens with one attached hydrogen (secondary N) is 1. The first-order valence-electron chi connectivity index (χ1n) is 2.05. The van der Waals surface area contributed by atoms with Gasteiger partial charge in [0, 0.05) is 0 Å². The van der Waals surface area contributed by atoms with E-state index in [-0.39, 0.29) is 0 Å². The fourth-order valence-corrected chi connectivity index (χ4v) is 0.406. The molecule has 1 nitrogen and oxygen atoms in total. The number of H-pyrrole nitrogens is 1. The lowest BCUT2D eigenvalue weighted by Gasteiger charge is -1.74. The maximum absolute atomic E-state index is 3.02. The molecule has 1 rings (SSSR count). The molecule has 0 aliphatic heterocycles. The van der Waals surface area contributed by atoms with Crippen LogP contribution in [0.3, 0.4) is 0 Å². The molecule has 0 aliphatic carbocycles. The van der Waals surface area contributed by atoms with Gasteiger partial charge in [0.25, 0.3) is 0 Å². The van der Waals surface area contributed by atoms with E-state index in [0.29, 0.717) is 0 Å². The molecule has 0 saturated carbocycles. The average Bonchev–Trinajstić information content (AvgIpc) is 1.72. The zero-order valence-electron chi connectivity index (χ0n) is 3.52. The van der Waals surface area contributed by atoms with E-state index in [9.17, 15) is 0 Å². The Balaban J connectivity index is 3.00. The topological polar surface area (TPSA) is 14.1 Å². The molecule has 0 aromatic carbocycles. The molecule has 0 radical (unpaired) electrons. The fraction of sp³-hybridized carbons (Fsp3) is 0. The van der Waals surface area contributed by atoms with Crippen LogP contribution in [0.2, 0.25) is 0 Å². The van der Waals surface area contributed by atoms with E-state index >= 15 is 0 Å². The maximum Gasteiger partial charge on any atom is 0.171 e. The van der Waals surface area contributed by atoms with Crippen molar-refractivity contribution in [1.82, 2.24) is 0 Å². The third-order valence-corrected chi connectivity index (χ3v) is 0.697. The molecular weight excluding hydrogens is 72.9 g/mol. The molecule has 0 saturated heterocycles. The van der Waals surface area contributed by atoms with E-state index in [1.807, 2.05) is 18.3 Å². The summed E-state index contributed by atoms with van der Waals surface area (Å²) in [5, 5.41) is 0. The van der Waals surface area contributed by atoms with Gasteiger partial charge in [-0.3, -0.25) is 0 Å². The second-order valence-corrected chi connectivity index (χ2v) is 1.20. The van der Waals surface area contributed by atoms with Crippen molar-refractivity contribution in [3.63, 3.8) is 0 Å². The van der Waals surface area contributed by atoms with E-state index in [2.05, 4.69) is 10.9 Å². The Bertz CT molecular complexity index is 79.5. The molecule has 1 N–H and O–H groups in total. The number of aromatic amines is 1. The summed E-state index contributed by atoms with van der Waals surface area (Å²) in [7, 11) is 0.983. The average molecular weight is 78.9 g/mol. The van der Waals surface area contributed by atoms with Crippen molar-refractivity contribution in [3.8, 4) is 0 Å². The molecule has 0 amide bonds. The summed E-state index contributed by atoms with van der Waals surface area (Å²) in [5.74, 6) is 2.07. The predicted molar refractivity (Wildman–Crippen MR) is 25.7 cm³/mol. The number of aromatic nitrogens is 1. The first-order valence-corrected chi connectivity index (χ1v) is 2.05. The normalized spacial score (nSPS) is 8.00. The summed E-state index contributed by atoms with van der Waals surface area (Å²) in [6.07, 6.45) is 1.93. The van der Waals surface area contributed by atoms with E-state index in [1.54, 1.807) is 0 Å². The van der Waals surface area contributed by atoms with E-state index in [1.165, 1.54) is 0 Å². The lowest BCUT2D eigenvalue weighted by Crippen LogP contribution is -2.03. The quantitative estimate of drug-likeness (QED) is 0.400. The molecule has 1 aromatic heterocycles. The summed E-state index contributed by atoms with van der Waals surface area (Å²) >= 11 is 0. The summed E-state index contributed by atoms with van der Waals surface area (Å²) in [5.41, 5.74) is 0. The smallest absolute Gasteiger partial charge is 0.171 e. The van der Waals surface area contributed by atoms with Crippen LogP contribution in [0.4, 0.5) is 0 Å². The van der Waals surface area contributed by atoms with Crippen molar-refractivity contribution in [2.45, 2.75) is 0 Å². The molecular formula is C4H6BN. The highest BCUT2D eigenvalue weighted by molar-refractivity contribution is 6.13. The molecule has 0 unspecified atom stereocenters. The lowest BCUT2D eigenvalue weighted by molar-refractivity contribution is -0.307. The van der Waals surface area contributed by atoms with Gasteiger partial charge < -0.3 is 4.89 Å². The minimum absolute atomic E-state index is 0.983. The SMILES string of the molecule is [bH-]1cccc[nH+]1. The van der Waals surface area contributed by atoms with Crippen molar-refractivity contribution in [2.24, 2.45) is 0 Å². The van der Waals surface area contributed by atoms with E-state index in [4.69, 9.17) is 0 Å². The highest BCUT2D eigenvalue weighted by Crippen LogP contribution is 1.63. The zero-order valence-corrected chi connectivity index (χ0v) is 3.52. The monoisotopic (exact) mass is 79.1 g/mol. The van der Waals surface area contributed by atoms with Crippen LogP contribution < -0.4 is 4.89 Å². The van der Waals surface area contributed by atoms with Crippen LogP contribution in [-0.4, -0.2) is 7.05 Å². The van der Waals surface area contributed by atoms with Crippen LogP contribution in [0.25, 0.3) is 0 Å². The minimum Gasteiger partial charge on any atom is -0.480 e. The lowest BCUT2D eigenvalue weighted by atomic mass is 10.1. The second-order valence-electron chi connectivity index (χ2n) is 1.20. The minimum atomic E-state index is 0.983. The third-order valence-electron chi connectivity index (χ3n) is 0.697. The van der Waals surface area contributed by atoms with E-state index in [0.717, 1.165) is 7.05 Å². The molecule has 0 atom stereocenters. The van der Waals surface area contributed by atoms with Crippen molar-refractivity contribution >= 4 is 7.05 Å². The predicted octanol–water partition coefficient (Wildman–Crippen LogP) is -0.429. The number of rotatable bonds is 0. The third kappa shape index (κ3) is 0.644. The van der Waals surface area contributed by atoms with Crippen molar-refractivity contribution < 1.29 is 4.89 Å². The Morgan fingerprint density at radius 1 is 1.33 bits per heavy atom. The molecule has 0 aliphatic rings. The van der Waals surface area contributed by atoms with Crippen LogP contribution in [0, 0.1) is 0 Å².